The zero-order valence-corrected chi connectivity index (χ0v) is 14.6. The van der Waals surface area contributed by atoms with Gasteiger partial charge < -0.3 is 15.5 Å². The molecule has 1 atom stereocenters. The lowest BCUT2D eigenvalue weighted by atomic mass is 10.2. The minimum absolute atomic E-state index is 0.202. The number of aromatic nitrogens is 2. The third-order valence-electron chi connectivity index (χ3n) is 3.47. The second-order valence-corrected chi connectivity index (χ2v) is 6.17. The van der Waals surface area contributed by atoms with E-state index in [0.29, 0.717) is 17.8 Å². The summed E-state index contributed by atoms with van der Waals surface area (Å²) in [5, 5.41) is 20.1. The number of pyridine rings is 1. The lowest BCUT2D eigenvalue weighted by molar-refractivity contribution is -0.145. The lowest BCUT2D eigenvalue weighted by Crippen LogP contribution is -2.42. The van der Waals surface area contributed by atoms with Crippen LogP contribution in [0.25, 0.3) is 5.65 Å². The van der Waals surface area contributed by atoms with Crippen LogP contribution < -0.4 is 5.32 Å². The number of carbonyl (C=O) groups excluding carboxylic acids is 1. The van der Waals surface area contributed by atoms with Gasteiger partial charge in [-0.25, -0.2) is 9.78 Å². The quantitative estimate of drug-likeness (QED) is 0.680. The van der Waals surface area contributed by atoms with Crippen molar-refractivity contribution in [2.75, 3.05) is 0 Å². The summed E-state index contributed by atoms with van der Waals surface area (Å²) in [4.78, 5) is 38.9. The monoisotopic (exact) mass is 397 g/mol. The topological polar surface area (TPSA) is 121 Å². The number of aryl methyl sites for hydroxylation is 2. The standard InChI is InChI=1S/C15H16BrN3O5/c1-3-9-12(14(22)18-10(15(23)24)5-11(20)21)19-6-8(16)4-7(2)13(19)17-9/h4,6,10H,3,5H2,1-2H3,(H,18,22)(H,20,21)(H,23,24). The Morgan fingerprint density at radius 1 is 1.38 bits per heavy atom. The number of hydrogen-bond donors (Lipinski definition) is 3. The molecule has 0 aromatic carbocycles. The molecule has 0 aliphatic carbocycles. The highest BCUT2D eigenvalue weighted by Crippen LogP contribution is 2.21. The van der Waals surface area contributed by atoms with Gasteiger partial charge in [-0.05, 0) is 40.9 Å². The van der Waals surface area contributed by atoms with E-state index in [-0.39, 0.29) is 5.69 Å². The molecule has 0 bridgehead atoms. The molecule has 2 heterocycles. The van der Waals surface area contributed by atoms with Crippen molar-refractivity contribution in [1.29, 1.82) is 0 Å². The van der Waals surface area contributed by atoms with Crippen LogP contribution in [0, 0.1) is 6.92 Å². The predicted octanol–water partition coefficient (Wildman–Crippen LogP) is 1.63. The number of hydrogen-bond acceptors (Lipinski definition) is 4. The summed E-state index contributed by atoms with van der Waals surface area (Å²) in [5.74, 6) is -3.39. The van der Waals surface area contributed by atoms with E-state index < -0.39 is 30.3 Å². The number of carboxylic acid groups (broad SMARTS) is 2. The van der Waals surface area contributed by atoms with Gasteiger partial charge in [0.15, 0.2) is 0 Å². The van der Waals surface area contributed by atoms with Gasteiger partial charge in [0.1, 0.15) is 17.4 Å². The molecule has 0 fully saturated rings. The molecule has 0 aliphatic rings. The molecule has 128 valence electrons. The summed E-state index contributed by atoms with van der Waals surface area (Å²) < 4.78 is 2.31. The van der Waals surface area contributed by atoms with Gasteiger partial charge in [-0.15, -0.1) is 0 Å². The number of aliphatic carboxylic acids is 2. The minimum Gasteiger partial charge on any atom is -0.481 e. The summed E-state index contributed by atoms with van der Waals surface area (Å²) in [6.45, 7) is 3.67. The Labute approximate surface area is 145 Å². The van der Waals surface area contributed by atoms with E-state index in [2.05, 4.69) is 26.2 Å². The first kappa shape index (κ1) is 17.9. The zero-order valence-electron chi connectivity index (χ0n) is 13.0. The highest BCUT2D eigenvalue weighted by Gasteiger charge is 2.27. The molecule has 24 heavy (non-hydrogen) atoms. The second-order valence-electron chi connectivity index (χ2n) is 5.26. The summed E-state index contributed by atoms with van der Waals surface area (Å²) in [5.41, 5.74) is 2.14. The van der Waals surface area contributed by atoms with Gasteiger partial charge in [0.2, 0.25) is 0 Å². The number of nitrogens with zero attached hydrogens (tertiary/aromatic N) is 2. The van der Waals surface area contributed by atoms with E-state index in [1.54, 1.807) is 10.6 Å². The largest absolute Gasteiger partial charge is 0.481 e. The van der Waals surface area contributed by atoms with E-state index in [4.69, 9.17) is 10.2 Å². The maximum Gasteiger partial charge on any atom is 0.326 e. The minimum atomic E-state index is -1.52. The fourth-order valence-electron chi connectivity index (χ4n) is 2.40. The molecule has 2 aromatic rings. The van der Waals surface area contributed by atoms with Crippen LogP contribution in [0.5, 0.6) is 0 Å². The van der Waals surface area contributed by atoms with E-state index in [0.717, 1.165) is 10.0 Å². The smallest absolute Gasteiger partial charge is 0.326 e. The number of nitrogens with one attached hydrogen (secondary N) is 1. The Bertz CT molecular complexity index is 830. The number of imidazole rings is 1. The molecule has 1 unspecified atom stereocenters. The van der Waals surface area contributed by atoms with E-state index >= 15 is 0 Å². The first-order chi connectivity index (χ1) is 11.2. The average Bonchev–Trinajstić information content (AvgIpc) is 2.84. The Hall–Kier alpha value is -2.42. The van der Waals surface area contributed by atoms with Crippen molar-refractivity contribution in [3.05, 3.63) is 33.7 Å². The Morgan fingerprint density at radius 3 is 2.58 bits per heavy atom. The third kappa shape index (κ3) is 3.56. The maximum atomic E-state index is 12.6. The third-order valence-corrected chi connectivity index (χ3v) is 3.91. The summed E-state index contributed by atoms with van der Waals surface area (Å²) in [6, 6.07) is 0.340. The van der Waals surface area contributed by atoms with Crippen molar-refractivity contribution >= 4 is 39.4 Å². The molecule has 3 N–H and O–H groups in total. The van der Waals surface area contributed by atoms with Crippen LogP contribution in [0.2, 0.25) is 0 Å². The highest BCUT2D eigenvalue weighted by molar-refractivity contribution is 9.10. The fourth-order valence-corrected chi connectivity index (χ4v) is 2.95. The van der Waals surface area contributed by atoms with Gasteiger partial charge in [0.25, 0.3) is 5.91 Å². The Morgan fingerprint density at radius 2 is 2.04 bits per heavy atom. The van der Waals surface area contributed by atoms with Crippen molar-refractivity contribution < 1.29 is 24.6 Å². The molecule has 0 spiro atoms. The first-order valence-electron chi connectivity index (χ1n) is 7.17. The van der Waals surface area contributed by atoms with Crippen LogP contribution in [-0.2, 0) is 16.0 Å². The molecule has 0 aliphatic heterocycles. The first-order valence-corrected chi connectivity index (χ1v) is 7.96. The predicted molar refractivity (Wildman–Crippen MR) is 88.1 cm³/mol. The highest BCUT2D eigenvalue weighted by atomic mass is 79.9. The van der Waals surface area contributed by atoms with Crippen molar-refractivity contribution in [3.63, 3.8) is 0 Å². The number of rotatable bonds is 6. The van der Waals surface area contributed by atoms with Crippen LogP contribution in [0.3, 0.4) is 0 Å². The van der Waals surface area contributed by atoms with Gasteiger partial charge in [-0.2, -0.15) is 0 Å². The molecule has 2 aromatic heterocycles. The van der Waals surface area contributed by atoms with Crippen LogP contribution in [0.1, 0.15) is 35.1 Å². The van der Waals surface area contributed by atoms with Crippen LogP contribution in [-0.4, -0.2) is 43.5 Å². The number of carboxylic acids is 2. The zero-order chi connectivity index (χ0) is 18.0. The Balaban J connectivity index is 2.48. The lowest BCUT2D eigenvalue weighted by Gasteiger charge is -2.13. The van der Waals surface area contributed by atoms with Crippen LogP contribution in [0.4, 0.5) is 0 Å². The molecule has 8 nitrogen and oxygen atoms in total. The molecule has 2 rings (SSSR count). The van der Waals surface area contributed by atoms with E-state index in [1.165, 1.54) is 0 Å². The molecule has 0 saturated carbocycles. The molecular formula is C15H16BrN3O5. The fraction of sp³-hybridized carbons (Fsp3) is 0.333. The van der Waals surface area contributed by atoms with Gasteiger partial charge in [-0.3, -0.25) is 14.0 Å². The summed E-state index contributed by atoms with van der Waals surface area (Å²) in [7, 11) is 0. The number of halogens is 1. The number of carbonyl (C=O) groups is 3. The molecule has 0 saturated heterocycles. The summed E-state index contributed by atoms with van der Waals surface area (Å²) >= 11 is 3.35. The SMILES string of the molecule is CCc1nc2c(C)cc(Br)cn2c1C(=O)NC(CC(=O)O)C(=O)O. The van der Waals surface area contributed by atoms with Gasteiger partial charge in [0, 0.05) is 10.7 Å². The van der Waals surface area contributed by atoms with Crippen molar-refractivity contribution in [2.24, 2.45) is 0 Å². The van der Waals surface area contributed by atoms with E-state index in [9.17, 15) is 14.4 Å². The average molecular weight is 398 g/mol. The normalized spacial score (nSPS) is 12.1. The van der Waals surface area contributed by atoms with Crippen molar-refractivity contribution in [2.45, 2.75) is 32.7 Å². The van der Waals surface area contributed by atoms with Gasteiger partial charge in [0.05, 0.1) is 12.1 Å². The van der Waals surface area contributed by atoms with Crippen molar-refractivity contribution in [3.8, 4) is 0 Å². The molecule has 9 heteroatoms. The van der Waals surface area contributed by atoms with Gasteiger partial charge in [-0.1, -0.05) is 6.92 Å². The second kappa shape index (κ2) is 7.00. The maximum absolute atomic E-state index is 12.6. The number of amides is 1. The summed E-state index contributed by atoms with van der Waals surface area (Å²) in [6.07, 6.45) is 1.43. The van der Waals surface area contributed by atoms with E-state index in [1.807, 2.05) is 19.9 Å². The molecule has 1 amide bonds. The van der Waals surface area contributed by atoms with Crippen LogP contribution in [0.15, 0.2) is 16.7 Å². The van der Waals surface area contributed by atoms with Crippen molar-refractivity contribution in [1.82, 2.24) is 14.7 Å². The Kier molecular flexibility index (Phi) is 5.23. The van der Waals surface area contributed by atoms with Gasteiger partial charge >= 0.3 is 11.9 Å². The van der Waals surface area contributed by atoms with Crippen LogP contribution >= 0.6 is 15.9 Å². The molecule has 0 radical (unpaired) electrons. The number of fused-ring (bicyclic) bond motifs is 1. The molecular weight excluding hydrogens is 382 g/mol.